The molecule has 11 heterocycles. The third-order valence-electron chi connectivity index (χ3n) is 20.2. The molecular weight excluding hydrogens is 1610 g/mol. The smallest absolute Gasteiger partial charge is 0.150 e. The molecular formula is C108H164ClN15O2S. The van der Waals surface area contributed by atoms with Gasteiger partial charge in [0.1, 0.15) is 23.6 Å². The summed E-state index contributed by atoms with van der Waals surface area (Å²) in [6, 6.07) is 36.2. The van der Waals surface area contributed by atoms with E-state index in [0.29, 0.717) is 28.0 Å². The van der Waals surface area contributed by atoms with Gasteiger partial charge in [0.2, 0.25) is 0 Å². The van der Waals surface area contributed by atoms with E-state index in [2.05, 4.69) is 380 Å². The van der Waals surface area contributed by atoms with Crippen LogP contribution in [-0.4, -0.2) is 94.7 Å². The van der Waals surface area contributed by atoms with Crippen LogP contribution in [-0.2, 0) is 64.0 Å². The molecule has 10 aromatic heterocycles. The standard InChI is InChI=1S/C12H14N2.C10H16N2.2C10H15N.3C9H13N.C8H11ClN2.2C8H12N2.C8H16O2S.C7H14/c1-12(2,3)11-8-13-9-6-4-5-7-10(9)14-11;1-7-6-9(10(3,4)5)12-8(2)11-7;1-8-5-6-9(11-7-8)10(2,3)4;1-8-6-5-7-11-9(8)10(2,3)4;1-9(2,3)8-4-6-10-7-5-8;1-9(2,3)8-5-4-6-10-7-8;1-9(2,3)8-6-4-5-7-10-8;1-8(2,3)6-4-7(9)11-5-10-6;1-8(2,3)7-6-9-4-5-10-7;1-8(2,3)7-4-5-9-6-10-7;1-8(2,3)7-4-5-11(9,10)6-7;1-7(2,3)6-4-5-6/h4-8H,1-3H3;6H,1-5H3;2*5-7H,1-4H3;3*4-7H,1-3H3;4-5H,1-3H3;2*4-6H,1-3H3;7H,4-6H2,1-3H3;6H,4-5H2,1-3H3. The number of hydrogen-bond acceptors (Lipinski definition) is 17. The third-order valence-corrected chi connectivity index (χ3v) is 22.2. The number of fused-ring (bicyclic) bond motifs is 1. The van der Waals surface area contributed by atoms with Gasteiger partial charge in [0, 0.05) is 152 Å². The minimum Gasteiger partial charge on any atom is -0.265 e. The van der Waals surface area contributed by atoms with Gasteiger partial charge in [0.15, 0.2) is 9.84 Å². The highest BCUT2D eigenvalue weighted by Gasteiger charge is 2.36. The number of sulfone groups is 1. The molecule has 696 valence electrons. The van der Waals surface area contributed by atoms with E-state index in [1.165, 1.54) is 47.1 Å². The molecule has 0 radical (unpaired) electrons. The van der Waals surface area contributed by atoms with Gasteiger partial charge in [0.05, 0.1) is 39.6 Å². The number of rotatable bonds is 0. The molecule has 0 amide bonds. The Bertz CT molecular complexity index is 4720. The van der Waals surface area contributed by atoms with Crippen molar-refractivity contribution >= 4 is 32.5 Å². The lowest BCUT2D eigenvalue weighted by Gasteiger charge is -2.25. The van der Waals surface area contributed by atoms with E-state index in [0.717, 1.165) is 74.7 Å². The van der Waals surface area contributed by atoms with Crippen molar-refractivity contribution in [3.8, 4) is 0 Å². The molecule has 1 aliphatic carbocycles. The first-order valence-electron chi connectivity index (χ1n) is 44.8. The third kappa shape index (κ3) is 47.7. The predicted molar refractivity (Wildman–Crippen MR) is 538 cm³/mol. The van der Waals surface area contributed by atoms with Crippen LogP contribution in [0.2, 0.25) is 5.15 Å². The normalized spacial score (nSPS) is 13.9. The molecule has 1 aliphatic heterocycles. The molecule has 11 aromatic rings. The molecule has 17 nitrogen and oxygen atoms in total. The largest absolute Gasteiger partial charge is 0.265 e. The summed E-state index contributed by atoms with van der Waals surface area (Å²) in [5.74, 6) is 3.07. The van der Waals surface area contributed by atoms with Crippen molar-refractivity contribution in [1.82, 2.24) is 74.8 Å². The average molecular weight is 1770 g/mol. The Morgan fingerprint density at radius 3 is 1.13 bits per heavy atom. The molecule has 1 aromatic carbocycles. The number of benzene rings is 1. The Morgan fingerprint density at radius 1 is 0.307 bits per heavy atom. The van der Waals surface area contributed by atoms with Gasteiger partial charge >= 0.3 is 0 Å². The summed E-state index contributed by atoms with van der Waals surface area (Å²) in [6.45, 7) is 86.0. The maximum atomic E-state index is 11.1. The van der Waals surface area contributed by atoms with Gasteiger partial charge in [0.25, 0.3) is 0 Å². The van der Waals surface area contributed by atoms with E-state index in [1.807, 2.05) is 118 Å². The van der Waals surface area contributed by atoms with Crippen molar-refractivity contribution in [1.29, 1.82) is 0 Å². The lowest BCUT2D eigenvalue weighted by atomic mass is 9.81. The molecule has 127 heavy (non-hydrogen) atoms. The van der Waals surface area contributed by atoms with Gasteiger partial charge in [-0.3, -0.25) is 39.9 Å². The number of nitrogens with zero attached hydrogens (tertiary/aromatic N) is 15. The monoisotopic (exact) mass is 1770 g/mol. The van der Waals surface area contributed by atoms with Gasteiger partial charge in [-0.25, -0.2) is 43.3 Å². The highest BCUT2D eigenvalue weighted by atomic mass is 35.5. The zero-order chi connectivity index (χ0) is 97.2. The van der Waals surface area contributed by atoms with E-state index < -0.39 is 9.84 Å². The Hall–Kier alpha value is -9.13. The van der Waals surface area contributed by atoms with Gasteiger partial charge in [-0.05, 0) is 176 Å². The van der Waals surface area contributed by atoms with Crippen LogP contribution < -0.4 is 0 Å². The SMILES string of the molecule is CC(C)(C)C1CC1.CC(C)(C)C1CCS(=O)(=O)C1.CC(C)(C)c1cc(Cl)ncn1.CC(C)(C)c1ccccn1.CC(C)(C)c1cccnc1.CC(C)(C)c1ccncc1.CC(C)(C)c1ccncn1.CC(C)(C)c1cnc2ccccc2n1.CC(C)(C)c1cnccn1.Cc1cc(C(C)(C)C)nc(C)n1.Cc1ccc(C(C)(C)C)nc1.Cc1cccnc1C(C)(C)C. The van der Waals surface area contributed by atoms with Gasteiger partial charge < -0.3 is 0 Å². The van der Waals surface area contributed by atoms with Crippen molar-refractivity contribution in [2.45, 2.75) is 350 Å². The van der Waals surface area contributed by atoms with Crippen molar-refractivity contribution < 1.29 is 8.42 Å². The maximum absolute atomic E-state index is 11.1. The van der Waals surface area contributed by atoms with Crippen LogP contribution >= 0.6 is 11.6 Å². The summed E-state index contributed by atoms with van der Waals surface area (Å²) in [4.78, 5) is 62.6. The predicted octanol–water partition coefficient (Wildman–Crippen LogP) is 27.7. The first-order valence-corrected chi connectivity index (χ1v) is 47.0. The fourth-order valence-corrected chi connectivity index (χ4v) is 13.9. The minimum absolute atomic E-state index is 0.0482. The molecule has 0 bridgehead atoms. The Labute approximate surface area is 775 Å². The molecule has 19 heteroatoms. The number of pyridine rings is 5. The molecule has 1 unspecified atom stereocenters. The molecule has 13 rings (SSSR count). The van der Waals surface area contributed by atoms with Crippen LogP contribution in [0.25, 0.3) is 11.0 Å². The van der Waals surface area contributed by atoms with Crippen molar-refractivity contribution in [3.05, 3.63) is 281 Å². The molecule has 1 atom stereocenters. The Balaban J connectivity index is 0.000000470. The molecule has 1 saturated carbocycles. The molecule has 2 fully saturated rings. The first-order chi connectivity index (χ1) is 57.9. The zero-order valence-electron chi connectivity index (χ0n) is 86.0. The van der Waals surface area contributed by atoms with Crippen LogP contribution in [0.15, 0.2) is 196 Å². The summed E-state index contributed by atoms with van der Waals surface area (Å²) >= 11 is 5.70. The molecule has 1 saturated heterocycles. The van der Waals surface area contributed by atoms with Crippen LogP contribution in [0.5, 0.6) is 0 Å². The second kappa shape index (κ2) is 49.6. The van der Waals surface area contributed by atoms with E-state index in [4.69, 9.17) is 11.6 Å². The maximum Gasteiger partial charge on any atom is 0.150 e. The number of aromatic nitrogens is 15. The number of halogens is 1. The number of aryl methyl sites for hydroxylation is 4. The second-order valence-electron chi connectivity index (χ2n) is 45.3. The fourth-order valence-electron chi connectivity index (χ4n) is 11.7. The van der Waals surface area contributed by atoms with Crippen LogP contribution in [0.3, 0.4) is 0 Å². The summed E-state index contributed by atoms with van der Waals surface area (Å²) in [5.41, 5.74) is 19.1. The topological polar surface area (TPSA) is 227 Å². The lowest BCUT2D eigenvalue weighted by molar-refractivity contribution is 0.268. The Morgan fingerprint density at radius 2 is 0.795 bits per heavy atom. The van der Waals surface area contributed by atoms with Gasteiger partial charge in [-0.15, -0.1) is 0 Å². The van der Waals surface area contributed by atoms with E-state index in [9.17, 15) is 8.42 Å². The highest BCUT2D eigenvalue weighted by molar-refractivity contribution is 7.91. The van der Waals surface area contributed by atoms with Gasteiger partial charge in [-0.1, -0.05) is 297 Å². The van der Waals surface area contributed by atoms with Crippen LogP contribution in [0.1, 0.15) is 348 Å². The first kappa shape index (κ1) is 114. The second-order valence-corrected chi connectivity index (χ2v) is 47.9. The highest BCUT2D eigenvalue weighted by Crippen LogP contribution is 2.44. The molecule has 0 N–H and O–H groups in total. The molecule has 0 spiro atoms. The van der Waals surface area contributed by atoms with Crippen LogP contribution in [0.4, 0.5) is 0 Å². The summed E-state index contributed by atoms with van der Waals surface area (Å²) in [5, 5.41) is 0.505. The quantitative estimate of drug-likeness (QED) is 0.129. The van der Waals surface area contributed by atoms with Crippen LogP contribution in [0, 0.1) is 50.4 Å². The fraction of sp³-hybridized carbons (Fsp3) is 0.546. The Kier molecular flexibility index (Phi) is 44.5. The minimum atomic E-state index is -2.68. The van der Waals surface area contributed by atoms with E-state index >= 15 is 0 Å². The number of hydrogen-bond donors (Lipinski definition) is 0. The average Bonchev–Trinajstić information content (AvgIpc) is 1.41. The summed E-state index contributed by atoms with van der Waals surface area (Å²) in [7, 11) is -2.68. The van der Waals surface area contributed by atoms with E-state index in [1.54, 1.807) is 43.4 Å². The number of para-hydroxylation sites is 2. The summed E-state index contributed by atoms with van der Waals surface area (Å²) in [6.07, 6.45) is 28.7. The van der Waals surface area contributed by atoms with Crippen molar-refractivity contribution in [3.63, 3.8) is 0 Å². The zero-order valence-corrected chi connectivity index (χ0v) is 87.5. The van der Waals surface area contributed by atoms with Crippen molar-refractivity contribution in [2.24, 2.45) is 22.7 Å². The summed E-state index contributed by atoms with van der Waals surface area (Å²) < 4.78 is 22.2. The molecule has 2 aliphatic rings. The lowest BCUT2D eigenvalue weighted by Crippen LogP contribution is -2.21. The van der Waals surface area contributed by atoms with Gasteiger partial charge in [-0.2, -0.15) is 0 Å². The van der Waals surface area contributed by atoms with Crippen molar-refractivity contribution in [2.75, 3.05) is 11.5 Å². The van der Waals surface area contributed by atoms with E-state index in [-0.39, 0.29) is 59.6 Å².